The highest BCUT2D eigenvalue weighted by molar-refractivity contribution is 8.00. The van der Waals surface area contributed by atoms with Crippen molar-refractivity contribution in [3.8, 4) is 22.3 Å². The fourth-order valence-corrected chi connectivity index (χ4v) is 16.2. The van der Waals surface area contributed by atoms with Gasteiger partial charge in [-0.05, 0) is 154 Å². The maximum Gasteiger partial charge on any atom is 0.252 e. The third kappa shape index (κ3) is 8.74. The van der Waals surface area contributed by atoms with Crippen LogP contribution in [0.5, 0.6) is 0 Å². The highest BCUT2D eigenvalue weighted by atomic mass is 32.2. The maximum absolute atomic E-state index is 2.64. The SMILES string of the molecule is c1ccc(-c2ccccc2N(c2ccccc2)c2cc3c4c(c2)N(c2ccccc2)c2ccccc2B4c2cc4c(cc2S3)N(c2ccccc2-c2ccccc2)c2cc(N(c3ccccc3)c3ccccc3)cc3c2B4c2ccccc2N3c2ccccc2)cc1. The van der Waals surface area contributed by atoms with Crippen LogP contribution in [0, 0.1) is 0 Å². The Hall–Kier alpha value is -11.4. The zero-order valence-electron chi connectivity index (χ0n) is 50.2. The van der Waals surface area contributed by atoms with Crippen LogP contribution in [-0.4, -0.2) is 13.4 Å². The number of hydrogen-bond acceptors (Lipinski definition) is 6. The zero-order chi connectivity index (χ0) is 60.6. The van der Waals surface area contributed by atoms with Crippen LogP contribution < -0.4 is 57.3 Å². The number of fused-ring (bicyclic) bond motifs is 8. The standard InChI is InChI=1S/C84H57B2N5S/c1-8-30-58(31-9-1)67-44-22-26-48-73(67)88(62-38-16-5-17-39-62)66-54-80-84-82(55-66)92-81-57-77-71(56-72(81)86(84)70-47-25-29-51-76(70)90(80)64-42-20-7-21-43-64)85-69-46-24-28-50-75(69)89(63-40-18-6-19-41-63)78-52-65(87(60-34-12-3-13-35-60)61-36-14-4-15-37-61)53-79(83(78)85)91(77)74-49-27-23-45-68(74)59-32-10-2-11-33-59/h1-57H. The van der Waals surface area contributed by atoms with Crippen molar-refractivity contribution in [2.75, 3.05) is 24.5 Å². The molecule has 430 valence electrons. The van der Waals surface area contributed by atoms with E-state index in [0.29, 0.717) is 0 Å². The molecule has 0 atom stereocenters. The van der Waals surface area contributed by atoms with Gasteiger partial charge in [-0.25, -0.2) is 0 Å². The molecule has 0 spiro atoms. The molecule has 0 aromatic heterocycles. The Morgan fingerprint density at radius 1 is 0.239 bits per heavy atom. The fraction of sp³-hybridized carbons (Fsp3) is 0. The lowest BCUT2D eigenvalue weighted by atomic mass is 9.31. The minimum atomic E-state index is -0.149. The van der Waals surface area contributed by atoms with Crippen LogP contribution in [0.25, 0.3) is 22.3 Å². The molecule has 0 bridgehead atoms. The Morgan fingerprint density at radius 2 is 0.641 bits per heavy atom. The van der Waals surface area contributed by atoms with Crippen molar-refractivity contribution in [3.05, 3.63) is 346 Å². The number of benzene rings is 14. The van der Waals surface area contributed by atoms with E-state index in [-0.39, 0.29) is 13.4 Å². The van der Waals surface area contributed by atoms with E-state index >= 15 is 0 Å². The Balaban J connectivity index is 0.935. The average Bonchev–Trinajstić information content (AvgIpc) is 0.691. The molecule has 92 heavy (non-hydrogen) atoms. The number of nitrogens with zero attached hydrogens (tertiary/aromatic N) is 5. The van der Waals surface area contributed by atoms with E-state index in [0.717, 1.165) is 90.5 Å². The van der Waals surface area contributed by atoms with Gasteiger partial charge in [0.1, 0.15) is 0 Å². The topological polar surface area (TPSA) is 16.2 Å². The first-order valence-corrected chi connectivity index (χ1v) is 32.5. The highest BCUT2D eigenvalue weighted by Gasteiger charge is 2.48. The molecule has 8 heteroatoms. The molecule has 14 aromatic rings. The quantitative estimate of drug-likeness (QED) is 0.119. The first-order chi connectivity index (χ1) is 45.7. The molecular formula is C84H57B2N5S. The van der Waals surface area contributed by atoms with E-state index in [1.165, 1.54) is 59.6 Å². The summed E-state index contributed by atoms with van der Waals surface area (Å²) >= 11 is 1.91. The van der Waals surface area contributed by atoms with Gasteiger partial charge in [0.2, 0.25) is 6.71 Å². The van der Waals surface area contributed by atoms with E-state index < -0.39 is 0 Å². The van der Waals surface area contributed by atoms with Crippen LogP contribution in [0.3, 0.4) is 0 Å². The van der Waals surface area contributed by atoms with E-state index in [9.17, 15) is 0 Å². The Morgan fingerprint density at radius 3 is 1.20 bits per heavy atom. The van der Waals surface area contributed by atoms with E-state index in [2.05, 4.69) is 370 Å². The van der Waals surface area contributed by atoms with Gasteiger partial charge < -0.3 is 24.5 Å². The van der Waals surface area contributed by atoms with Crippen molar-refractivity contribution >= 4 is 143 Å². The lowest BCUT2D eigenvalue weighted by Crippen LogP contribution is -2.64. The van der Waals surface area contributed by atoms with E-state index in [4.69, 9.17) is 0 Å². The number of rotatable bonds is 11. The highest BCUT2D eigenvalue weighted by Crippen LogP contribution is 2.53. The summed E-state index contributed by atoms with van der Waals surface area (Å²) in [6, 6.07) is 128. The van der Waals surface area contributed by atoms with Gasteiger partial charge in [-0.15, -0.1) is 0 Å². The van der Waals surface area contributed by atoms with Crippen molar-refractivity contribution in [1.82, 2.24) is 0 Å². The van der Waals surface area contributed by atoms with Gasteiger partial charge in [0.15, 0.2) is 0 Å². The summed E-state index contributed by atoms with van der Waals surface area (Å²) in [5.74, 6) is 0. The Bertz CT molecular complexity index is 5080. The van der Waals surface area contributed by atoms with Gasteiger partial charge in [0.05, 0.1) is 17.1 Å². The molecule has 0 saturated carbocycles. The second-order valence-electron chi connectivity index (χ2n) is 23.9. The predicted octanol–water partition coefficient (Wildman–Crippen LogP) is 18.8. The monoisotopic (exact) mass is 1190 g/mol. The van der Waals surface area contributed by atoms with Gasteiger partial charge >= 0.3 is 0 Å². The smallest absolute Gasteiger partial charge is 0.252 e. The Labute approximate surface area is 542 Å². The predicted molar refractivity (Wildman–Crippen MR) is 391 cm³/mol. The molecule has 4 aliphatic heterocycles. The van der Waals surface area contributed by atoms with Crippen molar-refractivity contribution in [2.45, 2.75) is 9.79 Å². The van der Waals surface area contributed by atoms with Gasteiger partial charge in [0, 0.05) is 89.2 Å². The molecule has 0 aliphatic carbocycles. The minimum absolute atomic E-state index is 0.105. The van der Waals surface area contributed by atoms with E-state index in [1.54, 1.807) is 0 Å². The molecule has 0 unspecified atom stereocenters. The van der Waals surface area contributed by atoms with Crippen molar-refractivity contribution in [2.24, 2.45) is 0 Å². The van der Waals surface area contributed by atoms with Crippen molar-refractivity contribution in [1.29, 1.82) is 0 Å². The Kier molecular flexibility index (Phi) is 13.0. The van der Waals surface area contributed by atoms with Crippen LogP contribution in [0.4, 0.5) is 85.3 Å². The summed E-state index contributed by atoms with van der Waals surface area (Å²) < 4.78 is 0. The molecule has 5 nitrogen and oxygen atoms in total. The summed E-state index contributed by atoms with van der Waals surface area (Å²) in [4.78, 5) is 15.0. The normalized spacial score (nSPS) is 12.8. The molecule has 0 fully saturated rings. The molecular weight excluding hydrogens is 1130 g/mol. The summed E-state index contributed by atoms with van der Waals surface area (Å²) in [6.45, 7) is -0.253. The van der Waals surface area contributed by atoms with Crippen molar-refractivity contribution in [3.63, 3.8) is 0 Å². The van der Waals surface area contributed by atoms with Gasteiger partial charge in [0.25, 0.3) is 6.71 Å². The molecule has 4 aliphatic rings. The number of para-hydroxylation sites is 9. The summed E-state index contributed by atoms with van der Waals surface area (Å²) in [5, 5.41) is 0. The zero-order valence-corrected chi connectivity index (χ0v) is 51.0. The second kappa shape index (κ2) is 22.2. The lowest BCUT2D eigenvalue weighted by molar-refractivity contribution is 1.22. The summed E-state index contributed by atoms with van der Waals surface area (Å²) in [6.07, 6.45) is 0. The third-order valence-electron chi connectivity index (χ3n) is 18.8. The van der Waals surface area contributed by atoms with Gasteiger partial charge in [-0.3, -0.25) is 0 Å². The summed E-state index contributed by atoms with van der Waals surface area (Å²) in [7, 11) is 0. The first kappa shape index (κ1) is 53.6. The average molecular weight is 1190 g/mol. The van der Waals surface area contributed by atoms with Crippen LogP contribution in [-0.2, 0) is 0 Å². The molecule has 0 amide bonds. The fourth-order valence-electron chi connectivity index (χ4n) is 15.0. The third-order valence-corrected chi connectivity index (χ3v) is 19.9. The molecule has 4 heterocycles. The van der Waals surface area contributed by atoms with Gasteiger partial charge in [-0.2, -0.15) is 0 Å². The second-order valence-corrected chi connectivity index (χ2v) is 25.0. The maximum atomic E-state index is 2.64. The van der Waals surface area contributed by atoms with Crippen LogP contribution in [0.2, 0.25) is 0 Å². The first-order valence-electron chi connectivity index (χ1n) is 31.6. The van der Waals surface area contributed by atoms with Gasteiger partial charge in [-0.1, -0.05) is 248 Å². The number of hydrogen-bond donors (Lipinski definition) is 0. The van der Waals surface area contributed by atoms with Crippen LogP contribution in [0.15, 0.2) is 356 Å². The largest absolute Gasteiger partial charge is 0.311 e. The molecule has 0 N–H and O–H groups in total. The number of anilines is 15. The lowest BCUT2D eigenvalue weighted by Gasteiger charge is -2.46. The summed E-state index contributed by atoms with van der Waals surface area (Å²) in [5.41, 5.74) is 29.1. The van der Waals surface area contributed by atoms with Crippen LogP contribution >= 0.6 is 11.8 Å². The molecule has 18 rings (SSSR count). The molecule has 0 saturated heterocycles. The van der Waals surface area contributed by atoms with Crippen molar-refractivity contribution < 1.29 is 0 Å². The molecule has 14 aromatic carbocycles. The van der Waals surface area contributed by atoms with E-state index in [1.807, 2.05) is 11.8 Å². The minimum Gasteiger partial charge on any atom is -0.311 e. The molecule has 0 radical (unpaired) electrons. The van der Waals surface area contributed by atoms with Crippen LogP contribution in [0.1, 0.15) is 0 Å².